The van der Waals surface area contributed by atoms with E-state index in [1.54, 1.807) is 0 Å². The lowest BCUT2D eigenvalue weighted by Crippen LogP contribution is -2.17. The van der Waals surface area contributed by atoms with Crippen LogP contribution in [0.2, 0.25) is 0 Å². The number of hydrogen-bond donors (Lipinski definition) is 2. The summed E-state index contributed by atoms with van der Waals surface area (Å²) in [6.45, 7) is 1.40. The topological polar surface area (TPSA) is 76.2 Å². The van der Waals surface area contributed by atoms with Crippen LogP contribution in [0.1, 0.15) is 5.56 Å². The van der Waals surface area contributed by atoms with Crippen LogP contribution >= 0.6 is 0 Å². The molecule has 1 aromatic rings. The molecule has 1 aromatic carbocycles. The second-order valence-electron chi connectivity index (χ2n) is 3.08. The number of halogens is 3. The van der Waals surface area contributed by atoms with Crippen LogP contribution in [0.25, 0.3) is 0 Å². The minimum atomic E-state index is -4.78. The summed E-state index contributed by atoms with van der Waals surface area (Å²) in [6.07, 6.45) is -4.78. The van der Waals surface area contributed by atoms with E-state index in [1.807, 2.05) is 0 Å². The van der Waals surface area contributed by atoms with Gasteiger partial charge in [-0.1, -0.05) is 0 Å². The van der Waals surface area contributed by atoms with Gasteiger partial charge >= 0.3 is 6.36 Å². The zero-order chi connectivity index (χ0) is 12.6. The van der Waals surface area contributed by atoms with E-state index in [2.05, 4.69) is 4.74 Å². The van der Waals surface area contributed by atoms with Crippen molar-refractivity contribution in [3.8, 4) is 5.75 Å². The second kappa shape index (κ2) is 3.95. The fraction of sp³-hybridized carbons (Fsp3) is 0.250. The molecule has 16 heavy (non-hydrogen) atoms. The lowest BCUT2D eigenvalue weighted by molar-refractivity contribution is -0.274. The summed E-state index contributed by atoms with van der Waals surface area (Å²) in [5, 5.41) is 5.07. The van der Waals surface area contributed by atoms with Gasteiger partial charge in [0.05, 0.1) is 4.90 Å². The van der Waals surface area contributed by atoms with Gasteiger partial charge in [-0.15, -0.1) is 13.2 Å². The highest BCUT2D eigenvalue weighted by Gasteiger charge is 2.31. The number of benzene rings is 1. The van der Waals surface area contributed by atoms with E-state index in [-0.39, 0.29) is 10.5 Å². The first-order valence-corrected chi connectivity index (χ1v) is 5.65. The molecule has 0 bridgehead atoms. The average molecular weight is 254 g/mol. The fourth-order valence-corrected chi connectivity index (χ4v) is 1.97. The molecule has 1 unspecified atom stereocenters. The van der Waals surface area contributed by atoms with Crippen LogP contribution in [0.4, 0.5) is 13.2 Å². The van der Waals surface area contributed by atoms with Crippen LogP contribution in [0.3, 0.4) is 0 Å². The van der Waals surface area contributed by atoms with Gasteiger partial charge in [-0.05, 0) is 30.7 Å². The summed E-state index contributed by atoms with van der Waals surface area (Å²) >= 11 is 0. The van der Waals surface area contributed by atoms with Crippen LogP contribution in [-0.4, -0.2) is 10.6 Å². The van der Waals surface area contributed by atoms with Crippen LogP contribution < -0.4 is 9.88 Å². The van der Waals surface area contributed by atoms with Crippen molar-refractivity contribution in [2.45, 2.75) is 18.2 Å². The highest BCUT2D eigenvalue weighted by molar-refractivity contribution is 7.90. The van der Waals surface area contributed by atoms with E-state index in [0.717, 1.165) is 18.2 Å². The molecular formula is C8H9F3N2O2S. The van der Waals surface area contributed by atoms with Crippen LogP contribution in [0.5, 0.6) is 5.75 Å². The molecule has 0 spiro atoms. The van der Waals surface area contributed by atoms with Gasteiger partial charge in [0.1, 0.15) is 15.7 Å². The number of alkyl halides is 3. The number of hydrogen-bond acceptors (Lipinski definition) is 3. The number of nitrogens with one attached hydrogen (secondary N) is 1. The molecule has 4 nitrogen and oxygen atoms in total. The molecule has 0 aromatic heterocycles. The Hall–Kier alpha value is -1.28. The molecule has 90 valence electrons. The number of ether oxygens (including phenoxy) is 1. The third kappa shape index (κ3) is 3.38. The largest absolute Gasteiger partial charge is 0.573 e. The van der Waals surface area contributed by atoms with Crippen molar-refractivity contribution in [3.05, 3.63) is 23.8 Å². The number of nitrogens with two attached hydrogens (primary N) is 1. The Labute approximate surface area is 90.3 Å². The normalized spacial score (nSPS) is 15.6. The second-order valence-corrected chi connectivity index (χ2v) is 4.72. The summed E-state index contributed by atoms with van der Waals surface area (Å²) in [5.74, 6) is -0.433. The quantitative estimate of drug-likeness (QED) is 0.848. The number of rotatable bonds is 2. The van der Waals surface area contributed by atoms with Crippen LogP contribution in [0, 0.1) is 11.7 Å². The van der Waals surface area contributed by atoms with Crippen molar-refractivity contribution in [1.29, 1.82) is 4.78 Å². The molecule has 1 rings (SSSR count). The standard InChI is InChI=1S/C8H9F3N2O2S/c1-5-4-6(15-8(9,10)11)2-3-7(5)16(12,13)14/h2-4H,1H3,(H3,12,13,14). The first kappa shape index (κ1) is 12.8. The van der Waals surface area contributed by atoms with E-state index in [0.29, 0.717) is 0 Å². The molecule has 0 heterocycles. The summed E-state index contributed by atoms with van der Waals surface area (Å²) < 4.78 is 57.6. The average Bonchev–Trinajstić information content (AvgIpc) is 1.97. The highest BCUT2D eigenvalue weighted by Crippen LogP contribution is 2.26. The van der Waals surface area contributed by atoms with Gasteiger partial charge in [-0.3, -0.25) is 0 Å². The van der Waals surface area contributed by atoms with Gasteiger partial charge < -0.3 is 4.74 Å². The van der Waals surface area contributed by atoms with E-state index < -0.39 is 22.0 Å². The molecule has 1 atom stereocenters. The molecular weight excluding hydrogens is 245 g/mol. The molecule has 3 N–H and O–H groups in total. The van der Waals surface area contributed by atoms with Crippen molar-refractivity contribution in [3.63, 3.8) is 0 Å². The predicted molar refractivity (Wildman–Crippen MR) is 51.2 cm³/mol. The highest BCUT2D eigenvalue weighted by atomic mass is 32.2. The zero-order valence-electron chi connectivity index (χ0n) is 8.17. The van der Waals surface area contributed by atoms with Gasteiger partial charge in [-0.25, -0.2) is 14.1 Å². The van der Waals surface area contributed by atoms with E-state index in [4.69, 9.17) is 9.92 Å². The predicted octanol–water partition coefficient (Wildman–Crippen LogP) is 2.17. The Morgan fingerprint density at radius 3 is 2.38 bits per heavy atom. The maximum atomic E-state index is 11.9. The zero-order valence-corrected chi connectivity index (χ0v) is 8.98. The van der Waals surface area contributed by atoms with Gasteiger partial charge in [-0.2, -0.15) is 0 Å². The fourth-order valence-electron chi connectivity index (χ4n) is 1.16. The van der Waals surface area contributed by atoms with Crippen LogP contribution in [-0.2, 0) is 9.92 Å². The lowest BCUT2D eigenvalue weighted by Gasteiger charge is -2.11. The lowest BCUT2D eigenvalue weighted by atomic mass is 10.2. The molecule has 0 radical (unpaired) electrons. The van der Waals surface area contributed by atoms with Crippen molar-refractivity contribution >= 4 is 9.92 Å². The summed E-state index contributed by atoms with van der Waals surface area (Å²) in [6, 6.07) is 3.09. The van der Waals surface area contributed by atoms with Crippen molar-refractivity contribution in [1.82, 2.24) is 0 Å². The summed E-state index contributed by atoms with van der Waals surface area (Å²) in [5.41, 5.74) is 0.212. The molecule has 0 aliphatic heterocycles. The molecule has 0 amide bonds. The van der Waals surface area contributed by atoms with Crippen molar-refractivity contribution < 1.29 is 22.1 Å². The van der Waals surface area contributed by atoms with Crippen LogP contribution in [0.15, 0.2) is 23.1 Å². The van der Waals surface area contributed by atoms with E-state index >= 15 is 0 Å². The molecule has 0 saturated heterocycles. The molecule has 0 aliphatic carbocycles. The molecule has 8 heteroatoms. The van der Waals surface area contributed by atoms with E-state index in [1.165, 1.54) is 6.92 Å². The maximum absolute atomic E-state index is 11.9. The smallest absolute Gasteiger partial charge is 0.406 e. The molecule has 0 saturated carbocycles. The van der Waals surface area contributed by atoms with E-state index in [9.17, 15) is 17.4 Å². The first-order valence-electron chi connectivity index (χ1n) is 4.02. The molecule has 0 fully saturated rings. The summed E-state index contributed by atoms with van der Waals surface area (Å²) in [7, 11) is -3.43. The monoisotopic (exact) mass is 254 g/mol. The Morgan fingerprint density at radius 1 is 1.44 bits per heavy atom. The Balaban J connectivity index is 3.10. The van der Waals surface area contributed by atoms with Gasteiger partial charge in [0.2, 0.25) is 0 Å². The van der Waals surface area contributed by atoms with Gasteiger partial charge in [0.25, 0.3) is 0 Å². The third-order valence-corrected chi connectivity index (χ3v) is 2.82. The van der Waals surface area contributed by atoms with Crippen molar-refractivity contribution in [2.75, 3.05) is 0 Å². The maximum Gasteiger partial charge on any atom is 0.573 e. The number of aryl methyl sites for hydroxylation is 1. The Bertz CT molecular complexity index is 496. The Morgan fingerprint density at radius 2 is 2.00 bits per heavy atom. The minimum absolute atomic E-state index is 0.0120. The third-order valence-electron chi connectivity index (χ3n) is 1.71. The first-order chi connectivity index (χ1) is 7.09. The molecule has 0 aliphatic rings. The van der Waals surface area contributed by atoms with Gasteiger partial charge in [0, 0.05) is 0 Å². The minimum Gasteiger partial charge on any atom is -0.406 e. The SMILES string of the molecule is Cc1cc(OC(F)(F)F)ccc1S(=N)(N)=O. The Kier molecular flexibility index (Phi) is 3.15. The summed E-state index contributed by atoms with van der Waals surface area (Å²) in [4.78, 5) is -0.0120. The van der Waals surface area contributed by atoms with Gasteiger partial charge in [0.15, 0.2) is 0 Å². The van der Waals surface area contributed by atoms with Crippen molar-refractivity contribution in [2.24, 2.45) is 5.14 Å².